The number of halogens is 4. The number of benzene rings is 1. The molecule has 0 aliphatic carbocycles. The van der Waals surface area contributed by atoms with Crippen molar-refractivity contribution in [3.63, 3.8) is 0 Å². The lowest BCUT2D eigenvalue weighted by Crippen LogP contribution is -2.52. The Morgan fingerprint density at radius 2 is 2.00 bits per heavy atom. The fourth-order valence-electron chi connectivity index (χ4n) is 1.64. The molecule has 0 saturated carbocycles. The first-order chi connectivity index (χ1) is 11.0. The third-order valence-corrected chi connectivity index (χ3v) is 4.67. The first-order valence-electron chi connectivity index (χ1n) is 6.64. The second-order valence-corrected chi connectivity index (χ2v) is 6.63. The van der Waals surface area contributed by atoms with Gasteiger partial charge in [-0.25, -0.2) is 0 Å². The second-order valence-electron chi connectivity index (χ2n) is 5.11. The summed E-state index contributed by atoms with van der Waals surface area (Å²) in [6.45, 7) is 2.17. The Labute approximate surface area is 145 Å². The predicted octanol–water partition coefficient (Wildman–Crippen LogP) is 4.64. The molecule has 1 amide bonds. The molecule has 0 spiro atoms. The van der Waals surface area contributed by atoms with Gasteiger partial charge in [0.1, 0.15) is 5.76 Å². The summed E-state index contributed by atoms with van der Waals surface area (Å²) in [6.07, 6.45) is -3.56. The highest BCUT2D eigenvalue weighted by Gasteiger charge is 2.55. The van der Waals surface area contributed by atoms with Crippen LogP contribution in [0.25, 0.3) is 0 Å². The van der Waals surface area contributed by atoms with Gasteiger partial charge in [0.2, 0.25) is 5.60 Å². The third kappa shape index (κ3) is 3.88. The summed E-state index contributed by atoms with van der Waals surface area (Å²) >= 11 is 7.36. The van der Waals surface area contributed by atoms with Crippen molar-refractivity contribution in [2.75, 3.05) is 5.32 Å². The van der Waals surface area contributed by atoms with E-state index < -0.39 is 17.7 Å². The maximum absolute atomic E-state index is 12.6. The van der Waals surface area contributed by atoms with Crippen molar-refractivity contribution < 1.29 is 27.5 Å². The van der Waals surface area contributed by atoms with Gasteiger partial charge in [0.15, 0.2) is 0 Å². The minimum atomic E-state index is -5.10. The second kappa shape index (κ2) is 6.70. The van der Waals surface area contributed by atoms with E-state index in [0.717, 1.165) is 10.7 Å². The van der Waals surface area contributed by atoms with Crippen molar-refractivity contribution in [2.24, 2.45) is 0 Å². The Kier molecular flexibility index (Phi) is 5.22. The molecule has 0 aliphatic rings. The van der Waals surface area contributed by atoms with Gasteiger partial charge in [0, 0.05) is 4.90 Å². The van der Waals surface area contributed by atoms with E-state index >= 15 is 0 Å². The van der Waals surface area contributed by atoms with Crippen LogP contribution in [0.3, 0.4) is 0 Å². The molecular formula is C15H13ClF3NO3S. The number of nitrogens with one attached hydrogen (secondary N) is 1. The minimum absolute atomic E-state index is 0.0283. The number of carbonyl (C=O) groups excluding carboxylic acids is 1. The SMILES string of the molecule is Cc1occc1Sc1ccc(NC(=O)C(C)(O)C(F)(F)F)c(Cl)c1. The Bertz CT molecular complexity index is 759. The van der Waals surface area contributed by atoms with Crippen molar-refractivity contribution >= 4 is 35.0 Å². The number of aliphatic hydroxyl groups is 1. The van der Waals surface area contributed by atoms with Gasteiger partial charge in [-0.1, -0.05) is 23.4 Å². The van der Waals surface area contributed by atoms with Crippen LogP contribution in [0.4, 0.5) is 18.9 Å². The summed E-state index contributed by atoms with van der Waals surface area (Å²) in [5, 5.41) is 11.4. The first-order valence-corrected chi connectivity index (χ1v) is 7.84. The molecule has 1 unspecified atom stereocenters. The standard InChI is InChI=1S/C15H13ClF3NO3S/c1-8-12(5-6-23-8)24-9-3-4-11(10(16)7-9)20-13(21)14(2,22)15(17,18)19/h3-7,22H,1-2H3,(H,20,21). The zero-order valence-corrected chi connectivity index (χ0v) is 14.1. The molecule has 0 saturated heterocycles. The topological polar surface area (TPSA) is 62.5 Å². The fourth-order valence-corrected chi connectivity index (χ4v) is 2.81. The monoisotopic (exact) mass is 379 g/mol. The molecule has 130 valence electrons. The Balaban J connectivity index is 2.16. The molecule has 0 fully saturated rings. The van der Waals surface area contributed by atoms with Gasteiger partial charge < -0.3 is 14.8 Å². The van der Waals surface area contributed by atoms with E-state index in [0.29, 0.717) is 11.8 Å². The average molecular weight is 380 g/mol. The number of anilines is 1. The van der Waals surface area contributed by atoms with Crippen molar-refractivity contribution in [2.45, 2.75) is 35.4 Å². The molecule has 0 aliphatic heterocycles. The summed E-state index contributed by atoms with van der Waals surface area (Å²) in [7, 11) is 0. The minimum Gasteiger partial charge on any atom is -0.468 e. The quantitative estimate of drug-likeness (QED) is 0.812. The van der Waals surface area contributed by atoms with Crippen LogP contribution in [0.5, 0.6) is 0 Å². The zero-order valence-electron chi connectivity index (χ0n) is 12.6. The van der Waals surface area contributed by atoms with Crippen LogP contribution in [0, 0.1) is 6.92 Å². The van der Waals surface area contributed by atoms with E-state index in [-0.39, 0.29) is 10.7 Å². The van der Waals surface area contributed by atoms with Crippen molar-refractivity contribution in [1.82, 2.24) is 0 Å². The lowest BCUT2D eigenvalue weighted by Gasteiger charge is -2.25. The molecule has 1 heterocycles. The Morgan fingerprint density at radius 1 is 1.33 bits per heavy atom. The maximum Gasteiger partial charge on any atom is 0.426 e. The lowest BCUT2D eigenvalue weighted by molar-refractivity contribution is -0.242. The molecule has 1 aromatic heterocycles. The molecule has 1 aromatic carbocycles. The average Bonchev–Trinajstić information content (AvgIpc) is 2.86. The Morgan fingerprint density at radius 3 is 2.50 bits per heavy atom. The number of hydrogen-bond donors (Lipinski definition) is 2. The number of rotatable bonds is 4. The van der Waals surface area contributed by atoms with E-state index in [4.69, 9.17) is 16.0 Å². The smallest absolute Gasteiger partial charge is 0.426 e. The fraction of sp³-hybridized carbons (Fsp3) is 0.267. The Hall–Kier alpha value is -1.64. The third-order valence-electron chi connectivity index (χ3n) is 3.22. The number of carbonyl (C=O) groups is 1. The number of furan rings is 1. The van der Waals surface area contributed by atoms with Gasteiger partial charge >= 0.3 is 6.18 Å². The van der Waals surface area contributed by atoms with E-state index in [1.54, 1.807) is 19.1 Å². The summed E-state index contributed by atoms with van der Waals surface area (Å²) in [4.78, 5) is 13.2. The van der Waals surface area contributed by atoms with Gasteiger partial charge in [0.25, 0.3) is 5.91 Å². The number of amides is 1. The van der Waals surface area contributed by atoms with E-state index in [9.17, 15) is 23.1 Å². The molecule has 24 heavy (non-hydrogen) atoms. The van der Waals surface area contributed by atoms with Gasteiger partial charge in [-0.3, -0.25) is 4.79 Å². The van der Waals surface area contributed by atoms with Gasteiger partial charge in [0.05, 0.1) is 21.9 Å². The largest absolute Gasteiger partial charge is 0.468 e. The predicted molar refractivity (Wildman–Crippen MR) is 84.3 cm³/mol. The molecule has 0 radical (unpaired) electrons. The van der Waals surface area contributed by atoms with Gasteiger partial charge in [-0.2, -0.15) is 13.2 Å². The lowest BCUT2D eigenvalue weighted by atomic mass is 10.1. The molecule has 1 atom stereocenters. The van der Waals surface area contributed by atoms with Crippen LogP contribution in [0.15, 0.2) is 44.7 Å². The molecular weight excluding hydrogens is 367 g/mol. The summed E-state index contributed by atoms with van der Waals surface area (Å²) < 4.78 is 43.1. The highest BCUT2D eigenvalue weighted by Crippen LogP contribution is 2.36. The number of aryl methyl sites for hydroxylation is 1. The van der Waals surface area contributed by atoms with E-state index in [1.807, 2.05) is 5.32 Å². The molecule has 0 bridgehead atoms. The van der Waals surface area contributed by atoms with E-state index in [1.165, 1.54) is 30.2 Å². The first kappa shape index (κ1) is 18.7. The van der Waals surface area contributed by atoms with Crippen molar-refractivity contribution in [3.8, 4) is 0 Å². The van der Waals surface area contributed by atoms with Crippen LogP contribution in [-0.4, -0.2) is 22.8 Å². The maximum atomic E-state index is 12.6. The van der Waals surface area contributed by atoms with Crippen LogP contribution in [-0.2, 0) is 4.79 Å². The molecule has 2 rings (SSSR count). The normalized spacial score (nSPS) is 14.3. The van der Waals surface area contributed by atoms with Crippen LogP contribution >= 0.6 is 23.4 Å². The zero-order chi connectivity index (χ0) is 18.1. The number of alkyl halides is 3. The van der Waals surface area contributed by atoms with E-state index in [2.05, 4.69) is 0 Å². The number of hydrogen-bond acceptors (Lipinski definition) is 4. The molecule has 2 N–H and O–H groups in total. The van der Waals surface area contributed by atoms with Crippen molar-refractivity contribution in [1.29, 1.82) is 0 Å². The molecule has 4 nitrogen and oxygen atoms in total. The van der Waals surface area contributed by atoms with Gasteiger partial charge in [-0.15, -0.1) is 0 Å². The summed E-state index contributed by atoms with van der Waals surface area (Å²) in [5.41, 5.74) is -3.54. The molecule has 9 heteroatoms. The van der Waals surface area contributed by atoms with Crippen LogP contribution in [0.2, 0.25) is 5.02 Å². The van der Waals surface area contributed by atoms with Gasteiger partial charge in [-0.05, 0) is 38.1 Å². The summed E-state index contributed by atoms with van der Waals surface area (Å²) in [5.74, 6) is -0.891. The summed E-state index contributed by atoms with van der Waals surface area (Å²) in [6, 6.07) is 6.21. The highest BCUT2D eigenvalue weighted by atomic mass is 35.5. The van der Waals surface area contributed by atoms with Crippen molar-refractivity contribution in [3.05, 3.63) is 41.3 Å². The van der Waals surface area contributed by atoms with Crippen LogP contribution in [0.1, 0.15) is 12.7 Å². The highest BCUT2D eigenvalue weighted by molar-refractivity contribution is 7.99. The molecule has 2 aromatic rings. The van der Waals surface area contributed by atoms with Crippen LogP contribution < -0.4 is 5.32 Å².